The van der Waals surface area contributed by atoms with E-state index in [-0.39, 0.29) is 30.9 Å². The number of carboxylic acid groups (broad SMARTS) is 1. The number of ether oxygens (including phenoxy) is 1. The van der Waals surface area contributed by atoms with Crippen LogP contribution in [0.5, 0.6) is 0 Å². The molecule has 0 spiro atoms. The van der Waals surface area contributed by atoms with Crippen molar-refractivity contribution in [2.75, 3.05) is 18.0 Å². The number of alkyl halides is 6. The Hall–Kier alpha value is -4.37. The molecule has 1 aliphatic heterocycles. The molecule has 1 saturated heterocycles. The number of benzene rings is 1. The quantitative estimate of drug-likeness (QED) is 0.210. The molecular weight excluding hydrogens is 660 g/mol. The lowest BCUT2D eigenvalue weighted by Gasteiger charge is -2.33. The largest absolute Gasteiger partial charge is 0.481 e. The topological polar surface area (TPSA) is 122 Å². The lowest BCUT2D eigenvalue weighted by atomic mass is 9.80. The fraction of sp³-hybridized carbons (Fsp3) is 0.545. The summed E-state index contributed by atoms with van der Waals surface area (Å²) in [6, 6.07) is 0.193. The lowest BCUT2D eigenvalue weighted by molar-refractivity contribution is -0.143. The van der Waals surface area contributed by atoms with Crippen molar-refractivity contribution in [3.63, 3.8) is 0 Å². The van der Waals surface area contributed by atoms with Crippen LogP contribution >= 0.6 is 0 Å². The minimum Gasteiger partial charge on any atom is -0.481 e. The molecule has 266 valence electrons. The molecule has 1 N–H and O–H groups in total. The van der Waals surface area contributed by atoms with Crippen LogP contribution in [0.3, 0.4) is 0 Å². The van der Waals surface area contributed by atoms with Gasteiger partial charge < -0.3 is 19.3 Å². The van der Waals surface area contributed by atoms with E-state index in [1.54, 1.807) is 20.0 Å². The summed E-state index contributed by atoms with van der Waals surface area (Å²) in [6.07, 6.45) is -7.59. The monoisotopic (exact) mass is 697 g/mol. The summed E-state index contributed by atoms with van der Waals surface area (Å²) in [6.45, 7) is 7.74. The Morgan fingerprint density at radius 2 is 1.63 bits per heavy atom. The van der Waals surface area contributed by atoms with Gasteiger partial charge in [0.1, 0.15) is 17.6 Å². The fourth-order valence-corrected chi connectivity index (χ4v) is 6.77. The third-order valence-electron chi connectivity index (χ3n) is 9.35. The molecule has 3 aromatic rings. The zero-order valence-electron chi connectivity index (χ0n) is 27.4. The maximum atomic E-state index is 13.6. The number of carbonyl (C=O) groups excluding carboxylic acids is 1. The van der Waals surface area contributed by atoms with Crippen LogP contribution in [0.2, 0.25) is 0 Å². The predicted octanol–water partition coefficient (Wildman–Crippen LogP) is 7.98. The second-order valence-corrected chi connectivity index (χ2v) is 12.8. The van der Waals surface area contributed by atoms with Gasteiger partial charge in [0.05, 0.1) is 46.9 Å². The summed E-state index contributed by atoms with van der Waals surface area (Å²) in [5.74, 6) is 0.476. The van der Waals surface area contributed by atoms with Gasteiger partial charge in [0, 0.05) is 19.5 Å². The van der Waals surface area contributed by atoms with Crippen molar-refractivity contribution in [2.45, 2.75) is 90.8 Å². The van der Waals surface area contributed by atoms with Crippen LogP contribution in [0.4, 0.5) is 37.0 Å². The Bertz CT molecular complexity index is 1630. The average Bonchev–Trinajstić information content (AvgIpc) is 3.51. The van der Waals surface area contributed by atoms with Gasteiger partial charge in [0.2, 0.25) is 0 Å². The van der Waals surface area contributed by atoms with Gasteiger partial charge in [0.15, 0.2) is 5.82 Å². The maximum absolute atomic E-state index is 13.6. The third kappa shape index (κ3) is 7.93. The third-order valence-corrected chi connectivity index (χ3v) is 9.35. The molecule has 2 aliphatic rings. The molecule has 3 heterocycles. The van der Waals surface area contributed by atoms with Crippen molar-refractivity contribution in [3.8, 4) is 11.3 Å². The molecule has 10 nitrogen and oxygen atoms in total. The summed E-state index contributed by atoms with van der Waals surface area (Å²) in [5, 5.41) is 13.2. The first kappa shape index (κ1) is 35.9. The molecule has 1 unspecified atom stereocenters. The highest BCUT2D eigenvalue weighted by molar-refractivity contribution is 5.72. The Morgan fingerprint density at radius 1 is 1.02 bits per heavy atom. The van der Waals surface area contributed by atoms with Gasteiger partial charge in [-0.3, -0.25) is 9.69 Å². The highest BCUT2D eigenvalue weighted by Gasteiger charge is 2.44. The van der Waals surface area contributed by atoms with Crippen LogP contribution in [-0.4, -0.2) is 56.3 Å². The Morgan fingerprint density at radius 3 is 2.16 bits per heavy atom. The number of carbonyl (C=O) groups is 2. The number of aromatic nitrogens is 3. The van der Waals surface area contributed by atoms with Crippen molar-refractivity contribution in [2.24, 2.45) is 11.8 Å². The Kier molecular flexibility index (Phi) is 10.2. The molecular formula is C33H37F6N5O5. The number of aryl methyl sites for hydroxylation is 2. The predicted molar refractivity (Wildman–Crippen MR) is 163 cm³/mol. The first-order valence-corrected chi connectivity index (χ1v) is 16.0. The molecule has 0 bridgehead atoms. The molecule has 2 atom stereocenters. The first-order chi connectivity index (χ1) is 23.0. The second-order valence-electron chi connectivity index (χ2n) is 12.8. The molecule has 49 heavy (non-hydrogen) atoms. The zero-order chi connectivity index (χ0) is 35.8. The standard InChI is InChI=1S/C33H37F6N5O5/c1-5-43(15-21-8-6-20(7-9-21)10-27(45)46)30-26(41-25(14-40-30)28-17(2)42-49-19(28)4)16-44-18(3)29(48-31(44)47)22-11-23(32(34,35)36)13-24(12-22)33(37,38)39/h11-14,18,20-21,29H,5-10,15-16H2,1-4H3,(H,45,46)/t18-,20?,21?,29?/m0/s1. The summed E-state index contributed by atoms with van der Waals surface area (Å²) in [4.78, 5) is 37.3. The summed E-state index contributed by atoms with van der Waals surface area (Å²) in [7, 11) is 0. The second kappa shape index (κ2) is 13.9. The van der Waals surface area contributed by atoms with E-state index in [4.69, 9.17) is 19.2 Å². The fourth-order valence-electron chi connectivity index (χ4n) is 6.77. The number of hydrogen-bond acceptors (Lipinski definition) is 8. The van der Waals surface area contributed by atoms with Gasteiger partial charge in [-0.1, -0.05) is 5.16 Å². The minimum absolute atomic E-state index is 0.0305. The molecule has 1 saturated carbocycles. The molecule has 1 aromatic carbocycles. The van der Waals surface area contributed by atoms with E-state index in [0.29, 0.717) is 59.4 Å². The van der Waals surface area contributed by atoms with Gasteiger partial charge in [-0.25, -0.2) is 14.8 Å². The van der Waals surface area contributed by atoms with Gasteiger partial charge in [-0.2, -0.15) is 26.3 Å². The molecule has 16 heteroatoms. The number of amides is 1. The lowest BCUT2D eigenvalue weighted by Crippen LogP contribution is -2.36. The number of carboxylic acids is 1. The molecule has 0 radical (unpaired) electrons. The van der Waals surface area contributed by atoms with Crippen molar-refractivity contribution in [1.29, 1.82) is 0 Å². The number of anilines is 1. The number of cyclic esters (lactones) is 1. The zero-order valence-corrected chi connectivity index (χ0v) is 27.4. The van der Waals surface area contributed by atoms with Crippen molar-refractivity contribution < 1.29 is 50.3 Å². The molecule has 2 aromatic heterocycles. The average molecular weight is 698 g/mol. The van der Waals surface area contributed by atoms with Crippen molar-refractivity contribution >= 4 is 17.9 Å². The Balaban J connectivity index is 1.47. The maximum Gasteiger partial charge on any atom is 0.416 e. The molecule has 2 fully saturated rings. The van der Waals surface area contributed by atoms with E-state index in [1.807, 2.05) is 11.8 Å². The Labute approximate surface area is 278 Å². The van der Waals surface area contributed by atoms with E-state index in [0.717, 1.165) is 25.7 Å². The highest BCUT2D eigenvalue weighted by atomic mass is 19.4. The first-order valence-electron chi connectivity index (χ1n) is 16.0. The van der Waals surface area contributed by atoms with E-state index < -0.39 is 53.3 Å². The van der Waals surface area contributed by atoms with Crippen LogP contribution in [0.15, 0.2) is 28.9 Å². The summed E-state index contributed by atoms with van der Waals surface area (Å²) in [5.41, 5.74) is -1.55. The molecule has 1 amide bonds. The normalized spacial score (nSPS) is 21.6. The van der Waals surface area contributed by atoms with E-state index in [2.05, 4.69) is 5.16 Å². The van der Waals surface area contributed by atoms with Crippen LogP contribution < -0.4 is 4.90 Å². The van der Waals surface area contributed by atoms with Crippen molar-refractivity contribution in [3.05, 3.63) is 58.2 Å². The van der Waals surface area contributed by atoms with Gasteiger partial charge >= 0.3 is 24.4 Å². The summed E-state index contributed by atoms with van der Waals surface area (Å²) >= 11 is 0. The number of hydrogen-bond donors (Lipinski definition) is 1. The van der Waals surface area contributed by atoms with Gasteiger partial charge in [-0.05, 0) is 89.0 Å². The van der Waals surface area contributed by atoms with Crippen LogP contribution in [-0.2, 0) is 28.4 Å². The molecule has 5 rings (SSSR count). The summed E-state index contributed by atoms with van der Waals surface area (Å²) < 4.78 is 92.5. The SMILES string of the molecule is CCN(CC1CCC(CC(=O)O)CC1)c1ncc(-c2c(C)noc2C)nc1CN1C(=O)OC(c2cc(C(F)(F)F)cc(C(F)(F)F)c2)[C@@H]1C. The van der Waals surface area contributed by atoms with Gasteiger partial charge in [0.25, 0.3) is 0 Å². The highest BCUT2D eigenvalue weighted by Crippen LogP contribution is 2.42. The van der Waals surface area contributed by atoms with E-state index in [1.165, 1.54) is 11.8 Å². The number of halogens is 6. The van der Waals surface area contributed by atoms with Crippen LogP contribution in [0, 0.1) is 25.7 Å². The van der Waals surface area contributed by atoms with E-state index in [9.17, 15) is 41.0 Å². The van der Waals surface area contributed by atoms with E-state index >= 15 is 0 Å². The number of nitrogens with zero attached hydrogens (tertiary/aromatic N) is 5. The van der Waals surface area contributed by atoms with Crippen LogP contribution in [0.25, 0.3) is 11.3 Å². The number of aliphatic carboxylic acids is 1. The number of rotatable bonds is 10. The van der Waals surface area contributed by atoms with Crippen LogP contribution in [0.1, 0.15) is 85.9 Å². The smallest absolute Gasteiger partial charge is 0.416 e. The minimum atomic E-state index is -5.07. The van der Waals surface area contributed by atoms with Gasteiger partial charge in [-0.15, -0.1) is 0 Å². The molecule has 1 aliphatic carbocycles. The van der Waals surface area contributed by atoms with Crippen molar-refractivity contribution in [1.82, 2.24) is 20.0 Å².